The molecule has 0 aliphatic rings. The number of anilines is 1. The third-order valence-corrected chi connectivity index (χ3v) is 20.1. The van der Waals surface area contributed by atoms with E-state index >= 15 is 0 Å². The third-order valence-electron chi connectivity index (χ3n) is 8.65. The molecule has 1 N–H and O–H groups in total. The lowest BCUT2D eigenvalue weighted by atomic mass is 10.0. The van der Waals surface area contributed by atoms with E-state index in [4.69, 9.17) is 22.1 Å². The first-order valence-corrected chi connectivity index (χ1v) is 27.5. The minimum absolute atomic E-state index is 0.209. The van der Waals surface area contributed by atoms with E-state index in [-0.39, 0.29) is 15.1 Å². The lowest BCUT2D eigenvalue weighted by molar-refractivity contribution is 0.123. The Labute approximate surface area is 254 Å². The van der Waals surface area contributed by atoms with E-state index in [2.05, 4.69) is 69.8 Å². The monoisotopic (exact) mass is 646 g/mol. The molecule has 1 atom stereocenters. The molecule has 1 aromatic rings. The van der Waals surface area contributed by atoms with Crippen molar-refractivity contribution in [1.82, 2.24) is 5.32 Å². The van der Waals surface area contributed by atoms with E-state index < -0.39 is 35.0 Å². The molecule has 1 rings (SSSR count). The number of hydrogen-bond acceptors (Lipinski definition) is 7. The Morgan fingerprint density at radius 3 is 1.95 bits per heavy atom. The van der Waals surface area contributed by atoms with Crippen molar-refractivity contribution in [3.63, 3.8) is 0 Å². The number of nitrogens with one attached hydrogen (secondary N) is 1. The summed E-state index contributed by atoms with van der Waals surface area (Å²) in [7, 11) is 1.51. The first kappa shape index (κ1) is 37.9. The molecule has 0 bridgehead atoms. The van der Waals surface area contributed by atoms with Crippen molar-refractivity contribution in [3.05, 3.63) is 17.2 Å². The van der Waals surface area contributed by atoms with Crippen molar-refractivity contribution in [1.29, 1.82) is 0 Å². The molecule has 0 aliphatic carbocycles. The van der Waals surface area contributed by atoms with Crippen LogP contribution < -0.4 is 20.6 Å². The summed E-state index contributed by atoms with van der Waals surface area (Å²) < 4.78 is 28.8. The first-order valence-electron chi connectivity index (χ1n) is 15.4. The average molecular weight is 647 g/mol. The molecule has 0 fully saturated rings. The van der Waals surface area contributed by atoms with Gasteiger partial charge in [-0.15, -0.1) is 0 Å². The van der Waals surface area contributed by atoms with E-state index in [1.54, 1.807) is 43.0 Å². The van der Waals surface area contributed by atoms with Crippen LogP contribution in [0.5, 0.6) is 0 Å². The highest BCUT2D eigenvalue weighted by Gasteiger charge is 2.40. The second kappa shape index (κ2) is 18.5. The van der Waals surface area contributed by atoms with Gasteiger partial charge in [0.15, 0.2) is 0 Å². The quantitative estimate of drug-likeness (QED) is 0.163. The zero-order chi connectivity index (χ0) is 30.5. The maximum atomic E-state index is 6.09. The summed E-state index contributed by atoms with van der Waals surface area (Å²) in [6.07, 6.45) is 3.39. The van der Waals surface area contributed by atoms with E-state index in [0.29, 0.717) is 0 Å². The molecule has 0 aromatic heterocycles. The van der Waals surface area contributed by atoms with Gasteiger partial charge in [0.1, 0.15) is 0 Å². The number of hydrogen-bond donors (Lipinski definition) is 1. The standard InChI is InChI=1S/C28H62N2O5Si5/c1-14-30(15-2)27-24(17-19-36-22-29-18-16-20-40(33-6,34-7)35-8)26(37(9)10)21-25(28(27)38(11)12)23(3)39(13,31-4)32-5/h21,23,29,37-38H,14-20,22,36H2,1-13H3. The van der Waals surface area contributed by atoms with Gasteiger partial charge in [0.05, 0.1) is 17.6 Å². The Hall–Kier alpha value is -0.136. The minimum Gasteiger partial charge on any atom is -0.397 e. The molecule has 234 valence electrons. The normalized spacial score (nSPS) is 13.8. The fourth-order valence-electron chi connectivity index (χ4n) is 5.79. The Bertz CT molecular complexity index is 858. The Kier molecular flexibility index (Phi) is 17.5. The Morgan fingerprint density at radius 2 is 1.50 bits per heavy atom. The largest absolute Gasteiger partial charge is 0.500 e. The highest BCUT2D eigenvalue weighted by atomic mass is 28.4. The second-order valence-electron chi connectivity index (χ2n) is 11.5. The summed E-state index contributed by atoms with van der Waals surface area (Å²) in [6.45, 7) is 22.3. The Balaban J connectivity index is 3.25. The maximum Gasteiger partial charge on any atom is 0.500 e. The van der Waals surface area contributed by atoms with Crippen LogP contribution in [0, 0.1) is 0 Å². The van der Waals surface area contributed by atoms with Crippen molar-refractivity contribution in [2.24, 2.45) is 0 Å². The van der Waals surface area contributed by atoms with Crippen molar-refractivity contribution in [2.75, 3.05) is 66.3 Å². The topological polar surface area (TPSA) is 61.4 Å². The van der Waals surface area contributed by atoms with Crippen LogP contribution in [-0.2, 0) is 28.6 Å². The van der Waals surface area contributed by atoms with Crippen LogP contribution in [0.4, 0.5) is 5.69 Å². The smallest absolute Gasteiger partial charge is 0.397 e. The van der Waals surface area contributed by atoms with Gasteiger partial charge in [0, 0.05) is 75.4 Å². The molecule has 0 spiro atoms. The van der Waals surface area contributed by atoms with Crippen LogP contribution in [0.2, 0.25) is 44.8 Å². The molecule has 12 heteroatoms. The molecule has 0 radical (unpaired) electrons. The molecule has 7 nitrogen and oxygen atoms in total. The van der Waals surface area contributed by atoms with Crippen LogP contribution in [0.15, 0.2) is 6.07 Å². The van der Waals surface area contributed by atoms with Gasteiger partial charge in [-0.05, 0) is 62.3 Å². The second-order valence-corrected chi connectivity index (χ2v) is 26.1. The van der Waals surface area contributed by atoms with Crippen molar-refractivity contribution in [2.45, 2.75) is 84.0 Å². The zero-order valence-corrected chi connectivity index (χ0v) is 33.9. The molecular formula is C28H62N2O5Si5. The van der Waals surface area contributed by atoms with Crippen LogP contribution in [0.25, 0.3) is 0 Å². The lowest BCUT2D eigenvalue weighted by Crippen LogP contribution is -2.48. The predicted octanol–water partition coefficient (Wildman–Crippen LogP) is 2.87. The third kappa shape index (κ3) is 9.69. The van der Waals surface area contributed by atoms with Gasteiger partial charge in [-0.1, -0.05) is 50.4 Å². The number of nitrogens with zero attached hydrogens (tertiary/aromatic N) is 1. The predicted molar refractivity (Wildman–Crippen MR) is 187 cm³/mol. The van der Waals surface area contributed by atoms with Crippen molar-refractivity contribution < 1.29 is 22.1 Å². The lowest BCUT2D eigenvalue weighted by Gasteiger charge is -2.37. The van der Waals surface area contributed by atoms with Crippen LogP contribution in [0.3, 0.4) is 0 Å². The summed E-state index contributed by atoms with van der Waals surface area (Å²) in [5.41, 5.74) is 5.05. The molecule has 40 heavy (non-hydrogen) atoms. The van der Waals surface area contributed by atoms with Gasteiger partial charge >= 0.3 is 17.4 Å². The fourth-order valence-corrected chi connectivity index (χ4v) is 14.1. The van der Waals surface area contributed by atoms with Gasteiger partial charge in [-0.2, -0.15) is 0 Å². The minimum atomic E-state index is -2.46. The molecule has 0 aliphatic heterocycles. The van der Waals surface area contributed by atoms with E-state index in [9.17, 15) is 0 Å². The van der Waals surface area contributed by atoms with Gasteiger partial charge < -0.3 is 32.3 Å². The highest BCUT2D eigenvalue weighted by molar-refractivity contribution is 6.76. The van der Waals surface area contributed by atoms with E-state index in [0.717, 1.165) is 32.1 Å². The highest BCUT2D eigenvalue weighted by Crippen LogP contribution is 2.31. The zero-order valence-electron chi connectivity index (χ0n) is 28.2. The number of rotatable bonds is 21. The van der Waals surface area contributed by atoms with Gasteiger partial charge in [-0.25, -0.2) is 0 Å². The molecular weight excluding hydrogens is 585 g/mol. The summed E-state index contributed by atoms with van der Waals surface area (Å²) in [5, 5.41) is 7.01. The molecule has 1 aromatic carbocycles. The fraction of sp³-hybridized carbons (Fsp3) is 0.786. The summed E-state index contributed by atoms with van der Waals surface area (Å²) in [4.78, 5) is 2.66. The molecule has 0 heterocycles. The van der Waals surface area contributed by atoms with Gasteiger partial charge in [0.25, 0.3) is 0 Å². The summed E-state index contributed by atoms with van der Waals surface area (Å²) >= 11 is 0. The van der Waals surface area contributed by atoms with Crippen LogP contribution in [0.1, 0.15) is 43.9 Å². The number of benzene rings is 1. The van der Waals surface area contributed by atoms with Gasteiger partial charge in [0.2, 0.25) is 0 Å². The van der Waals surface area contributed by atoms with Crippen LogP contribution >= 0.6 is 0 Å². The van der Waals surface area contributed by atoms with Crippen molar-refractivity contribution in [3.8, 4) is 0 Å². The SMILES string of the molecule is CCN(CC)c1c(CC[SiH2]CNCCC[Si](OC)(OC)OC)c([SiH](C)C)cc(C(C)[Si](C)(OC)OC)c1[SiH](C)C. The maximum absolute atomic E-state index is 6.09. The van der Waals surface area contributed by atoms with Crippen LogP contribution in [-0.4, -0.2) is 106 Å². The van der Waals surface area contributed by atoms with Gasteiger partial charge in [-0.3, -0.25) is 0 Å². The van der Waals surface area contributed by atoms with E-state index in [1.165, 1.54) is 24.2 Å². The summed E-state index contributed by atoms with van der Waals surface area (Å²) in [6, 6.07) is 4.80. The average Bonchev–Trinajstić information content (AvgIpc) is 2.96. The molecule has 0 saturated heterocycles. The molecule has 0 saturated carbocycles. The Morgan fingerprint density at radius 1 is 0.925 bits per heavy atom. The summed E-state index contributed by atoms with van der Waals surface area (Å²) in [5.74, 6) is 0. The van der Waals surface area contributed by atoms with Crippen molar-refractivity contribution >= 4 is 60.5 Å². The first-order chi connectivity index (χ1) is 19.0. The molecule has 0 amide bonds. The van der Waals surface area contributed by atoms with E-state index in [1.807, 2.05) is 14.2 Å². The molecule has 1 unspecified atom stereocenters.